The van der Waals surface area contributed by atoms with Crippen LogP contribution in [-0.2, 0) is 0 Å². The fourth-order valence-corrected chi connectivity index (χ4v) is 5.37. The molecular formula is C18H35N3. The summed E-state index contributed by atoms with van der Waals surface area (Å²) in [7, 11) is 2.34. The lowest BCUT2D eigenvalue weighted by Gasteiger charge is -2.49. The second-order valence-electron chi connectivity index (χ2n) is 8.36. The lowest BCUT2D eigenvalue weighted by Crippen LogP contribution is -2.58. The molecule has 3 fully saturated rings. The standard InChI is InChI=1S/C18H35N3/c1-5-19-17-16(8-10-18(17,2)3)21-12-9-15-14(13-21)7-6-11-20(15)4/h14-17,19H,5-13H2,1-4H3. The first-order valence-corrected chi connectivity index (χ1v) is 9.20. The normalized spacial score (nSPS) is 41.1. The van der Waals surface area contributed by atoms with Crippen LogP contribution < -0.4 is 5.32 Å². The second-order valence-corrected chi connectivity index (χ2v) is 8.36. The third-order valence-electron chi connectivity index (χ3n) is 6.58. The Morgan fingerprint density at radius 2 is 1.90 bits per heavy atom. The number of piperidine rings is 2. The van der Waals surface area contributed by atoms with Crippen molar-refractivity contribution in [2.24, 2.45) is 11.3 Å². The van der Waals surface area contributed by atoms with Gasteiger partial charge in [0.1, 0.15) is 0 Å². The van der Waals surface area contributed by atoms with Gasteiger partial charge in [-0.1, -0.05) is 20.8 Å². The molecule has 122 valence electrons. The van der Waals surface area contributed by atoms with E-state index in [0.29, 0.717) is 11.5 Å². The molecule has 0 amide bonds. The number of hydrogen-bond acceptors (Lipinski definition) is 3. The largest absolute Gasteiger partial charge is 0.312 e. The van der Waals surface area contributed by atoms with Gasteiger partial charge in [-0.25, -0.2) is 0 Å². The Labute approximate surface area is 131 Å². The Kier molecular flexibility index (Phi) is 4.63. The quantitative estimate of drug-likeness (QED) is 0.863. The Morgan fingerprint density at radius 3 is 2.67 bits per heavy atom. The lowest BCUT2D eigenvalue weighted by molar-refractivity contribution is 0.0123. The van der Waals surface area contributed by atoms with Crippen molar-refractivity contribution >= 4 is 0 Å². The minimum Gasteiger partial charge on any atom is -0.312 e. The van der Waals surface area contributed by atoms with Crippen LogP contribution in [0.25, 0.3) is 0 Å². The molecule has 1 saturated carbocycles. The first kappa shape index (κ1) is 15.8. The van der Waals surface area contributed by atoms with Crippen molar-refractivity contribution in [2.75, 3.05) is 33.2 Å². The molecule has 0 bridgehead atoms. The van der Waals surface area contributed by atoms with Crippen LogP contribution in [0.2, 0.25) is 0 Å². The number of nitrogens with zero attached hydrogens (tertiary/aromatic N) is 2. The smallest absolute Gasteiger partial charge is 0.0274 e. The first-order chi connectivity index (χ1) is 10.0. The van der Waals surface area contributed by atoms with Gasteiger partial charge in [-0.05, 0) is 63.6 Å². The summed E-state index contributed by atoms with van der Waals surface area (Å²) in [5.41, 5.74) is 0.459. The van der Waals surface area contributed by atoms with E-state index in [0.717, 1.165) is 24.5 Å². The highest BCUT2D eigenvalue weighted by molar-refractivity contribution is 5.03. The van der Waals surface area contributed by atoms with Crippen LogP contribution in [0, 0.1) is 11.3 Å². The highest BCUT2D eigenvalue weighted by Crippen LogP contribution is 2.42. The summed E-state index contributed by atoms with van der Waals surface area (Å²) >= 11 is 0. The summed E-state index contributed by atoms with van der Waals surface area (Å²) in [6.45, 7) is 12.3. The first-order valence-electron chi connectivity index (χ1n) is 9.20. The van der Waals surface area contributed by atoms with E-state index in [-0.39, 0.29) is 0 Å². The molecule has 2 heterocycles. The van der Waals surface area contributed by atoms with Gasteiger partial charge >= 0.3 is 0 Å². The molecule has 2 saturated heterocycles. The van der Waals surface area contributed by atoms with Gasteiger partial charge < -0.3 is 10.2 Å². The average molecular weight is 293 g/mol. The van der Waals surface area contributed by atoms with E-state index in [1.807, 2.05) is 0 Å². The van der Waals surface area contributed by atoms with Gasteiger partial charge in [0.25, 0.3) is 0 Å². The van der Waals surface area contributed by atoms with Crippen molar-refractivity contribution in [2.45, 2.75) is 71.0 Å². The molecule has 2 aliphatic heterocycles. The van der Waals surface area contributed by atoms with Gasteiger partial charge in [-0.3, -0.25) is 4.90 Å². The van der Waals surface area contributed by atoms with E-state index >= 15 is 0 Å². The molecule has 0 radical (unpaired) electrons. The van der Waals surface area contributed by atoms with Crippen LogP contribution in [0.15, 0.2) is 0 Å². The number of rotatable bonds is 3. The maximum absolute atomic E-state index is 3.81. The Bertz CT molecular complexity index is 354. The van der Waals surface area contributed by atoms with Crippen LogP contribution in [0.4, 0.5) is 0 Å². The predicted octanol–water partition coefficient (Wildman–Crippen LogP) is 2.57. The van der Waals surface area contributed by atoms with E-state index in [2.05, 4.69) is 42.9 Å². The third kappa shape index (κ3) is 3.02. The van der Waals surface area contributed by atoms with E-state index in [9.17, 15) is 0 Å². The van der Waals surface area contributed by atoms with Crippen LogP contribution in [0.5, 0.6) is 0 Å². The summed E-state index contributed by atoms with van der Waals surface area (Å²) in [5, 5.41) is 3.81. The van der Waals surface area contributed by atoms with Gasteiger partial charge in [-0.15, -0.1) is 0 Å². The van der Waals surface area contributed by atoms with Crippen molar-refractivity contribution in [1.29, 1.82) is 0 Å². The molecule has 4 unspecified atom stereocenters. The second kappa shape index (κ2) is 6.17. The Hall–Kier alpha value is -0.120. The van der Waals surface area contributed by atoms with Crippen molar-refractivity contribution in [3.05, 3.63) is 0 Å². The maximum atomic E-state index is 3.81. The van der Waals surface area contributed by atoms with Crippen molar-refractivity contribution in [3.63, 3.8) is 0 Å². The summed E-state index contributed by atoms with van der Waals surface area (Å²) in [4.78, 5) is 5.48. The topological polar surface area (TPSA) is 18.5 Å². The molecule has 0 spiro atoms. The maximum Gasteiger partial charge on any atom is 0.0274 e. The fourth-order valence-electron chi connectivity index (χ4n) is 5.37. The van der Waals surface area contributed by atoms with Crippen LogP contribution in [-0.4, -0.2) is 61.2 Å². The summed E-state index contributed by atoms with van der Waals surface area (Å²) < 4.78 is 0. The van der Waals surface area contributed by atoms with Crippen molar-refractivity contribution < 1.29 is 0 Å². The van der Waals surface area contributed by atoms with E-state index in [1.54, 1.807) is 0 Å². The molecule has 0 aromatic carbocycles. The zero-order valence-corrected chi connectivity index (χ0v) is 14.6. The third-order valence-corrected chi connectivity index (χ3v) is 6.58. The Balaban J connectivity index is 1.67. The molecule has 1 N–H and O–H groups in total. The summed E-state index contributed by atoms with van der Waals surface area (Å²) in [6, 6.07) is 2.32. The molecule has 4 atom stereocenters. The lowest BCUT2D eigenvalue weighted by atomic mass is 9.82. The molecule has 3 aliphatic rings. The zero-order chi connectivity index (χ0) is 15.0. The molecule has 3 heteroatoms. The van der Waals surface area contributed by atoms with Gasteiger partial charge in [-0.2, -0.15) is 0 Å². The van der Waals surface area contributed by atoms with E-state index < -0.39 is 0 Å². The van der Waals surface area contributed by atoms with Crippen molar-refractivity contribution in [1.82, 2.24) is 15.1 Å². The minimum absolute atomic E-state index is 0.459. The molecule has 3 rings (SSSR count). The van der Waals surface area contributed by atoms with Gasteiger partial charge in [0.15, 0.2) is 0 Å². The molecule has 1 aliphatic carbocycles. The SMILES string of the molecule is CCNC1C(N2CCC3C(CCCN3C)C2)CCC1(C)C. The number of fused-ring (bicyclic) bond motifs is 1. The highest BCUT2D eigenvalue weighted by atomic mass is 15.2. The average Bonchev–Trinajstić information content (AvgIpc) is 2.75. The number of likely N-dealkylation sites (N-methyl/N-ethyl adjacent to an activating group) is 1. The molecule has 0 aromatic heterocycles. The van der Waals surface area contributed by atoms with Crippen LogP contribution in [0.1, 0.15) is 52.9 Å². The van der Waals surface area contributed by atoms with Gasteiger partial charge in [0.05, 0.1) is 0 Å². The van der Waals surface area contributed by atoms with E-state index in [1.165, 1.54) is 51.7 Å². The van der Waals surface area contributed by atoms with Gasteiger partial charge in [0.2, 0.25) is 0 Å². The molecule has 21 heavy (non-hydrogen) atoms. The number of nitrogens with one attached hydrogen (secondary N) is 1. The zero-order valence-electron chi connectivity index (χ0n) is 14.6. The van der Waals surface area contributed by atoms with Crippen LogP contribution in [0.3, 0.4) is 0 Å². The monoisotopic (exact) mass is 293 g/mol. The molecule has 0 aromatic rings. The number of likely N-dealkylation sites (tertiary alicyclic amines) is 2. The fraction of sp³-hybridized carbons (Fsp3) is 1.00. The van der Waals surface area contributed by atoms with Crippen molar-refractivity contribution in [3.8, 4) is 0 Å². The molecular weight excluding hydrogens is 258 g/mol. The van der Waals surface area contributed by atoms with Gasteiger partial charge in [0, 0.05) is 31.2 Å². The molecule has 3 nitrogen and oxygen atoms in total. The summed E-state index contributed by atoms with van der Waals surface area (Å²) in [5.74, 6) is 0.920. The Morgan fingerprint density at radius 1 is 1.10 bits per heavy atom. The predicted molar refractivity (Wildman–Crippen MR) is 89.6 cm³/mol. The van der Waals surface area contributed by atoms with E-state index in [4.69, 9.17) is 0 Å². The highest BCUT2D eigenvalue weighted by Gasteiger charge is 2.46. The minimum atomic E-state index is 0.459. The number of hydrogen-bond donors (Lipinski definition) is 1. The summed E-state index contributed by atoms with van der Waals surface area (Å²) in [6.07, 6.45) is 7.00. The van der Waals surface area contributed by atoms with Crippen LogP contribution >= 0.6 is 0 Å².